The second-order valence-corrected chi connectivity index (χ2v) is 10.7. The average molecular weight is 703 g/mol. The standard InChI is InChI=1S/C27H31I2NO5/c1-5-17(4)14-23(31)35-25-19-10-8-9-11-22(19)34-27(25)24(32)18-15-20(28)26(21(29)16-18)33-13-12-30(6-2)7-3/h8-11,15-17H,5-7,12-14H2,1-4H3/t17-/m0/s1. The van der Waals surface area contributed by atoms with Crippen molar-refractivity contribution in [3.63, 3.8) is 0 Å². The summed E-state index contributed by atoms with van der Waals surface area (Å²) in [5, 5.41) is 0.606. The first-order chi connectivity index (χ1) is 16.8. The van der Waals surface area contributed by atoms with Gasteiger partial charge in [0, 0.05) is 18.5 Å². The maximum Gasteiger partial charge on any atom is 0.311 e. The highest BCUT2D eigenvalue weighted by molar-refractivity contribution is 14.1. The van der Waals surface area contributed by atoms with Gasteiger partial charge in [-0.3, -0.25) is 9.59 Å². The Morgan fingerprint density at radius 3 is 2.31 bits per heavy atom. The highest BCUT2D eigenvalue weighted by Crippen LogP contribution is 2.37. The molecule has 0 spiro atoms. The Labute approximate surface area is 234 Å². The highest BCUT2D eigenvalue weighted by Gasteiger charge is 2.27. The van der Waals surface area contributed by atoms with Gasteiger partial charge in [0.15, 0.2) is 5.75 Å². The normalized spacial score (nSPS) is 12.2. The summed E-state index contributed by atoms with van der Waals surface area (Å²) in [5.41, 5.74) is 0.955. The summed E-state index contributed by atoms with van der Waals surface area (Å²) in [4.78, 5) is 28.4. The molecular weight excluding hydrogens is 672 g/mol. The van der Waals surface area contributed by atoms with E-state index in [0.717, 1.165) is 38.9 Å². The van der Waals surface area contributed by atoms with Crippen LogP contribution in [0.5, 0.6) is 11.5 Å². The Morgan fingerprint density at radius 1 is 1.03 bits per heavy atom. The molecule has 0 saturated heterocycles. The third-order valence-corrected chi connectivity index (χ3v) is 7.60. The van der Waals surface area contributed by atoms with Crippen molar-refractivity contribution >= 4 is 67.9 Å². The molecule has 1 atom stereocenters. The van der Waals surface area contributed by atoms with Crippen LogP contribution in [0.2, 0.25) is 0 Å². The lowest BCUT2D eigenvalue weighted by Crippen LogP contribution is -2.28. The third-order valence-electron chi connectivity index (χ3n) is 5.99. The highest BCUT2D eigenvalue weighted by atomic mass is 127. The summed E-state index contributed by atoms with van der Waals surface area (Å²) in [5.74, 6) is 0.463. The number of likely N-dealkylation sites (N-methyl/N-ethyl adjacent to an activating group) is 1. The lowest BCUT2D eigenvalue weighted by Gasteiger charge is -2.19. The van der Waals surface area contributed by atoms with Crippen LogP contribution in [0, 0.1) is 13.1 Å². The number of hydrogen-bond donors (Lipinski definition) is 0. The molecule has 0 saturated carbocycles. The fourth-order valence-corrected chi connectivity index (χ4v) is 5.71. The van der Waals surface area contributed by atoms with Gasteiger partial charge in [-0.25, -0.2) is 0 Å². The summed E-state index contributed by atoms with van der Waals surface area (Å²) >= 11 is 4.38. The van der Waals surface area contributed by atoms with Crippen LogP contribution >= 0.6 is 45.2 Å². The fraction of sp³-hybridized carbons (Fsp3) is 0.407. The minimum absolute atomic E-state index is 0.0329. The number of ether oxygens (including phenoxy) is 2. The minimum Gasteiger partial charge on any atom is -0.490 e. The molecule has 1 heterocycles. The molecule has 2 aromatic carbocycles. The van der Waals surface area contributed by atoms with Crippen LogP contribution in [0.1, 0.15) is 56.7 Å². The predicted octanol–water partition coefficient (Wildman–Crippen LogP) is 6.94. The van der Waals surface area contributed by atoms with Crippen molar-refractivity contribution < 1.29 is 23.5 Å². The van der Waals surface area contributed by atoms with E-state index in [9.17, 15) is 9.59 Å². The molecule has 3 rings (SSSR count). The molecule has 0 unspecified atom stereocenters. The Balaban J connectivity index is 1.89. The largest absolute Gasteiger partial charge is 0.490 e. The quantitative estimate of drug-likeness (QED) is 0.116. The average Bonchev–Trinajstić information content (AvgIpc) is 3.20. The number of ketones is 1. The number of esters is 1. The molecule has 0 radical (unpaired) electrons. The maximum atomic E-state index is 13.6. The predicted molar refractivity (Wildman–Crippen MR) is 155 cm³/mol. The van der Waals surface area contributed by atoms with Crippen molar-refractivity contribution in [2.75, 3.05) is 26.2 Å². The van der Waals surface area contributed by atoms with Crippen LogP contribution < -0.4 is 9.47 Å². The first-order valence-corrected chi connectivity index (χ1v) is 14.1. The molecule has 0 amide bonds. The number of carbonyl (C=O) groups excluding carboxylic acids is 2. The number of benzene rings is 2. The third kappa shape index (κ3) is 6.97. The van der Waals surface area contributed by atoms with Gasteiger partial charge in [-0.15, -0.1) is 0 Å². The number of nitrogens with zero attached hydrogens (tertiary/aromatic N) is 1. The van der Waals surface area contributed by atoms with Crippen molar-refractivity contribution in [1.29, 1.82) is 0 Å². The van der Waals surface area contributed by atoms with E-state index in [2.05, 4.69) is 63.9 Å². The molecule has 0 aliphatic heterocycles. The number of fused-ring (bicyclic) bond motifs is 1. The molecule has 6 nitrogen and oxygen atoms in total. The number of halogens is 2. The van der Waals surface area contributed by atoms with Crippen LogP contribution in [0.15, 0.2) is 40.8 Å². The molecule has 8 heteroatoms. The zero-order valence-electron chi connectivity index (χ0n) is 20.5. The van der Waals surface area contributed by atoms with Gasteiger partial charge < -0.3 is 18.8 Å². The molecule has 35 heavy (non-hydrogen) atoms. The van der Waals surface area contributed by atoms with Crippen molar-refractivity contribution in [3.05, 3.63) is 54.9 Å². The van der Waals surface area contributed by atoms with Gasteiger partial charge in [-0.05, 0) is 88.5 Å². The first kappa shape index (κ1) is 27.9. The zero-order chi connectivity index (χ0) is 25.5. The summed E-state index contributed by atoms with van der Waals surface area (Å²) < 4.78 is 19.3. The van der Waals surface area contributed by atoms with Gasteiger partial charge in [0.05, 0.1) is 12.5 Å². The Morgan fingerprint density at radius 2 is 1.69 bits per heavy atom. The number of hydrogen-bond acceptors (Lipinski definition) is 6. The zero-order valence-corrected chi connectivity index (χ0v) is 24.8. The van der Waals surface area contributed by atoms with E-state index in [4.69, 9.17) is 13.9 Å². The van der Waals surface area contributed by atoms with Crippen LogP contribution in [0.25, 0.3) is 11.0 Å². The van der Waals surface area contributed by atoms with Gasteiger partial charge in [0.2, 0.25) is 11.5 Å². The maximum absolute atomic E-state index is 13.6. The smallest absolute Gasteiger partial charge is 0.311 e. The second-order valence-electron chi connectivity index (χ2n) is 8.42. The number of rotatable bonds is 12. The summed E-state index contributed by atoms with van der Waals surface area (Å²) in [6.45, 7) is 11.6. The lowest BCUT2D eigenvalue weighted by molar-refractivity contribution is -0.135. The molecule has 1 aromatic heterocycles. The van der Waals surface area contributed by atoms with Crippen LogP contribution in [0.4, 0.5) is 0 Å². The lowest BCUT2D eigenvalue weighted by atomic mass is 10.1. The molecule has 3 aromatic rings. The summed E-state index contributed by atoms with van der Waals surface area (Å²) in [6.07, 6.45) is 1.15. The van der Waals surface area contributed by atoms with Gasteiger partial charge in [-0.2, -0.15) is 0 Å². The first-order valence-electron chi connectivity index (χ1n) is 11.9. The fourth-order valence-electron chi connectivity index (χ4n) is 3.63. The van der Waals surface area contributed by atoms with Crippen LogP contribution in [-0.4, -0.2) is 42.9 Å². The van der Waals surface area contributed by atoms with E-state index >= 15 is 0 Å². The molecule has 188 valence electrons. The summed E-state index contributed by atoms with van der Waals surface area (Å²) in [6, 6.07) is 10.8. The Bertz CT molecular complexity index is 1160. The molecule has 0 fully saturated rings. The van der Waals surface area contributed by atoms with Gasteiger partial charge >= 0.3 is 5.97 Å². The molecule has 0 bridgehead atoms. The molecule has 0 aliphatic rings. The van der Waals surface area contributed by atoms with E-state index in [1.807, 2.05) is 26.0 Å². The Hall–Kier alpha value is -1.66. The van der Waals surface area contributed by atoms with Crippen LogP contribution in [-0.2, 0) is 4.79 Å². The van der Waals surface area contributed by atoms with Gasteiger partial charge in [-0.1, -0.05) is 46.2 Å². The van der Waals surface area contributed by atoms with Gasteiger partial charge in [0.25, 0.3) is 0 Å². The van der Waals surface area contributed by atoms with Crippen LogP contribution in [0.3, 0.4) is 0 Å². The number of furan rings is 1. The molecule has 0 aliphatic carbocycles. The number of carbonyl (C=O) groups is 2. The van der Waals surface area contributed by atoms with Crippen molar-refractivity contribution in [2.45, 2.75) is 40.5 Å². The number of para-hydroxylation sites is 1. The monoisotopic (exact) mass is 703 g/mol. The minimum atomic E-state index is -0.374. The van der Waals surface area contributed by atoms with E-state index in [1.165, 1.54) is 0 Å². The van der Waals surface area contributed by atoms with Crippen molar-refractivity contribution in [1.82, 2.24) is 4.90 Å². The molecule has 0 N–H and O–H groups in total. The topological polar surface area (TPSA) is 69.0 Å². The second kappa shape index (κ2) is 13.0. The SMILES string of the molecule is CC[C@H](C)CC(=O)Oc1c(C(=O)c2cc(I)c(OCCN(CC)CC)c(I)c2)oc2ccccc12. The molecular formula is C27H31I2NO5. The van der Waals surface area contributed by atoms with E-state index in [-0.39, 0.29) is 35.6 Å². The van der Waals surface area contributed by atoms with Crippen molar-refractivity contribution in [2.24, 2.45) is 5.92 Å². The van der Waals surface area contributed by atoms with Gasteiger partial charge in [0.1, 0.15) is 17.9 Å². The van der Waals surface area contributed by atoms with E-state index in [0.29, 0.717) is 23.1 Å². The Kier molecular flexibility index (Phi) is 10.4. The van der Waals surface area contributed by atoms with E-state index in [1.54, 1.807) is 24.3 Å². The summed E-state index contributed by atoms with van der Waals surface area (Å²) in [7, 11) is 0. The van der Waals surface area contributed by atoms with E-state index < -0.39 is 0 Å². The van der Waals surface area contributed by atoms with Crippen molar-refractivity contribution in [3.8, 4) is 11.5 Å².